The molecule has 0 bridgehead atoms. The molecule has 3 radical (unpaired) electrons. The first-order valence-electron chi connectivity index (χ1n) is 15.3. The Balaban J connectivity index is 0.000000312. The molecule has 0 saturated carbocycles. The largest absolute Gasteiger partial charge is 0.325 e. The summed E-state index contributed by atoms with van der Waals surface area (Å²) in [5, 5.41) is 11.6. The fraction of sp³-hybridized carbons (Fsp3) is 0.455. The zero-order valence-corrected chi connectivity index (χ0v) is 33.8. The Bertz CT molecular complexity index is 1210. The molecule has 7 nitrogen and oxygen atoms in total. The second-order valence-corrected chi connectivity index (χ2v) is 14.4. The molecule has 11 heteroatoms. The van der Waals surface area contributed by atoms with E-state index in [1.165, 1.54) is 82.3 Å². The molecule has 2 aromatic carbocycles. The van der Waals surface area contributed by atoms with Gasteiger partial charge in [0.1, 0.15) is 5.69 Å². The van der Waals surface area contributed by atoms with Crippen LogP contribution in [-0.2, 0) is 19.4 Å². The van der Waals surface area contributed by atoms with Crippen LogP contribution in [0, 0.1) is 5.92 Å². The SMILES string of the molecule is C=C(CN(CP)[CH2][Pb])N1CCCC1.C=CC(C)C.CPC(NCc1ccc([NH3+])cc1)c1ccc(CCc2cn(S)nn2)cc1. The van der Waals surface area contributed by atoms with Crippen LogP contribution in [0.2, 0.25) is 0 Å². The van der Waals surface area contributed by atoms with Crippen LogP contribution in [0.4, 0.5) is 5.69 Å². The molecular formula is C33H53N7P2PbS+. The molecule has 0 aliphatic carbocycles. The number of rotatable bonds is 14. The van der Waals surface area contributed by atoms with Gasteiger partial charge in [-0.3, -0.25) is 0 Å². The zero-order valence-electron chi connectivity index (χ0n) is 26.9. The summed E-state index contributed by atoms with van der Waals surface area (Å²) in [5.74, 6) is 1.03. The third-order valence-electron chi connectivity index (χ3n) is 7.25. The van der Waals surface area contributed by atoms with Crippen molar-refractivity contribution in [3.8, 4) is 0 Å². The van der Waals surface area contributed by atoms with Crippen molar-refractivity contribution in [3.05, 3.63) is 102 Å². The fourth-order valence-corrected chi connectivity index (χ4v) is 7.60. The summed E-state index contributed by atoms with van der Waals surface area (Å²) in [6.07, 6.45) is 9.37. The van der Waals surface area contributed by atoms with Crippen molar-refractivity contribution >= 4 is 62.1 Å². The normalized spacial score (nSPS) is 13.5. The van der Waals surface area contributed by atoms with Gasteiger partial charge in [0.2, 0.25) is 0 Å². The molecule has 239 valence electrons. The third kappa shape index (κ3) is 15.4. The van der Waals surface area contributed by atoms with E-state index in [0.29, 0.717) is 11.7 Å². The number of benzene rings is 2. The molecule has 1 saturated heterocycles. The first kappa shape index (κ1) is 39.1. The number of aromatic nitrogens is 3. The molecule has 1 fully saturated rings. The summed E-state index contributed by atoms with van der Waals surface area (Å²) in [4.78, 5) is 4.88. The van der Waals surface area contributed by atoms with Gasteiger partial charge in [0.25, 0.3) is 0 Å². The van der Waals surface area contributed by atoms with Crippen molar-refractivity contribution in [1.82, 2.24) is 29.5 Å². The number of likely N-dealkylation sites (tertiary alicyclic amines) is 1. The summed E-state index contributed by atoms with van der Waals surface area (Å²) >= 11 is 5.37. The maximum Gasteiger partial charge on any atom is 0.127 e. The summed E-state index contributed by atoms with van der Waals surface area (Å²) < 4.78 is 2.69. The molecule has 2 heterocycles. The number of aryl methyl sites for hydroxylation is 2. The molecule has 4 rings (SSSR count). The number of quaternary nitrogens is 1. The monoisotopic (exact) mass is 849 g/mol. The zero-order chi connectivity index (χ0) is 32.3. The number of nitrogens with one attached hydrogen (secondary N) is 1. The summed E-state index contributed by atoms with van der Waals surface area (Å²) in [6, 6.07) is 17.3. The van der Waals surface area contributed by atoms with Crippen molar-refractivity contribution in [1.29, 1.82) is 0 Å². The molecular weight excluding hydrogens is 796 g/mol. The van der Waals surface area contributed by atoms with Crippen LogP contribution < -0.4 is 11.1 Å². The minimum Gasteiger partial charge on any atom is -0.325 e. The smallest absolute Gasteiger partial charge is 0.127 e. The Morgan fingerprint density at radius 1 is 1.14 bits per heavy atom. The summed E-state index contributed by atoms with van der Waals surface area (Å²) in [5.41, 5.74) is 11.2. The van der Waals surface area contributed by atoms with Gasteiger partial charge in [-0.1, -0.05) is 61.5 Å². The van der Waals surface area contributed by atoms with Crippen LogP contribution in [0.5, 0.6) is 0 Å². The number of nitrogens with zero attached hydrogens (tertiary/aromatic N) is 5. The van der Waals surface area contributed by atoms with E-state index < -0.39 is 0 Å². The first-order chi connectivity index (χ1) is 21.2. The van der Waals surface area contributed by atoms with Gasteiger partial charge in [-0.25, -0.2) is 0 Å². The fourth-order valence-electron chi connectivity index (χ4n) is 4.39. The van der Waals surface area contributed by atoms with Gasteiger partial charge in [0.05, 0.1) is 11.9 Å². The van der Waals surface area contributed by atoms with Gasteiger partial charge in [-0.2, -0.15) is 4.09 Å². The van der Waals surface area contributed by atoms with Gasteiger partial charge in [0, 0.05) is 12.3 Å². The van der Waals surface area contributed by atoms with Gasteiger partial charge in [-0.15, -0.1) is 20.3 Å². The molecule has 4 N–H and O–H groups in total. The van der Waals surface area contributed by atoms with E-state index in [1.807, 2.05) is 12.3 Å². The molecule has 1 aliphatic rings. The number of allylic oxidation sites excluding steroid dienone is 1. The Morgan fingerprint density at radius 2 is 1.75 bits per heavy atom. The Hall–Kier alpha value is -1.13. The molecule has 3 unspecified atom stereocenters. The van der Waals surface area contributed by atoms with Crippen LogP contribution >= 0.6 is 30.6 Å². The molecule has 3 atom stereocenters. The number of hydrogen-bond acceptors (Lipinski definition) is 6. The maximum absolute atomic E-state index is 4.16. The van der Waals surface area contributed by atoms with Crippen LogP contribution in [0.25, 0.3) is 0 Å². The van der Waals surface area contributed by atoms with Crippen LogP contribution in [0.3, 0.4) is 0 Å². The second kappa shape index (κ2) is 22.4. The predicted molar refractivity (Wildman–Crippen MR) is 198 cm³/mol. The first-order valence-corrected chi connectivity index (χ1v) is 20.9. The van der Waals surface area contributed by atoms with Crippen molar-refractivity contribution in [3.63, 3.8) is 0 Å². The maximum atomic E-state index is 4.16. The average molecular weight is 849 g/mol. The number of thiol groups is 1. The van der Waals surface area contributed by atoms with E-state index in [9.17, 15) is 0 Å². The van der Waals surface area contributed by atoms with E-state index in [0.717, 1.165) is 52.2 Å². The molecule has 0 spiro atoms. The van der Waals surface area contributed by atoms with E-state index in [2.05, 4.69) is 135 Å². The van der Waals surface area contributed by atoms with E-state index in [4.69, 9.17) is 0 Å². The van der Waals surface area contributed by atoms with E-state index in [-0.39, 0.29) is 0 Å². The summed E-state index contributed by atoms with van der Waals surface area (Å²) in [6.45, 7) is 18.6. The van der Waals surface area contributed by atoms with Gasteiger partial charge < -0.3 is 11.1 Å². The van der Waals surface area contributed by atoms with Crippen molar-refractivity contribution in [2.24, 2.45) is 5.92 Å². The van der Waals surface area contributed by atoms with Crippen LogP contribution in [0.15, 0.2) is 79.7 Å². The molecule has 3 aromatic rings. The Labute approximate surface area is 292 Å². The molecule has 1 aliphatic heterocycles. The topological polar surface area (TPSA) is 76.9 Å². The van der Waals surface area contributed by atoms with E-state index >= 15 is 0 Å². The molecule has 0 amide bonds. The Kier molecular flexibility index (Phi) is 19.9. The quantitative estimate of drug-likeness (QED) is 0.0877. The van der Waals surface area contributed by atoms with E-state index in [1.54, 1.807) is 0 Å². The van der Waals surface area contributed by atoms with Gasteiger partial charge >= 0.3 is 99.9 Å². The van der Waals surface area contributed by atoms with Crippen molar-refractivity contribution in [2.75, 3.05) is 36.7 Å². The third-order valence-corrected chi connectivity index (χ3v) is 10.8. The minimum atomic E-state index is 0.382. The van der Waals surface area contributed by atoms with Crippen LogP contribution in [0.1, 0.15) is 54.9 Å². The van der Waals surface area contributed by atoms with Gasteiger partial charge in [-0.05, 0) is 67.1 Å². The number of hydrogen-bond donors (Lipinski definition) is 3. The summed E-state index contributed by atoms with van der Waals surface area (Å²) in [7, 11) is 3.60. The Morgan fingerprint density at radius 3 is 2.25 bits per heavy atom. The van der Waals surface area contributed by atoms with Crippen LogP contribution in [-0.4, -0.2) is 86.7 Å². The average Bonchev–Trinajstić information content (AvgIpc) is 3.73. The molecule has 1 aromatic heterocycles. The van der Waals surface area contributed by atoms with Gasteiger partial charge in [0.15, 0.2) is 0 Å². The van der Waals surface area contributed by atoms with Crippen molar-refractivity contribution < 1.29 is 5.73 Å². The minimum absolute atomic E-state index is 0.382. The molecule has 44 heavy (non-hydrogen) atoms. The standard InChI is InChI=1S/C19H24N5PS.C9H18N2P.C5H10.Pb/c1-25-19(21-12-15-4-9-17(20)10-5-15)16-7-2-14(3-8-16)6-11-18-13-24(26)23-22-18;1-9(7-10(2)8-12)11-5-3-4-6-11;1-4-5(2)3;/h2-5,7-10,13,19,21,25-26H,6,11-12,20H2,1H3;1-8,12H2;4-5H,1H2,2-3H3;/p+1. The predicted octanol–water partition coefficient (Wildman–Crippen LogP) is 5.41. The second-order valence-electron chi connectivity index (χ2n) is 11.2. The van der Waals surface area contributed by atoms with Crippen molar-refractivity contribution in [2.45, 2.75) is 51.9 Å².